The Kier molecular flexibility index (Phi) is 5.56. The molecule has 3 nitrogen and oxygen atoms in total. The van der Waals surface area contributed by atoms with E-state index in [9.17, 15) is 18.0 Å². The molecule has 0 spiro atoms. The van der Waals surface area contributed by atoms with Gasteiger partial charge in [0.2, 0.25) is 0 Å². The molecule has 1 rings (SSSR count). The Balaban J connectivity index is 2.72. The first-order chi connectivity index (χ1) is 9.20. The van der Waals surface area contributed by atoms with Gasteiger partial charge in [0.05, 0.1) is 18.2 Å². The number of likely N-dealkylation sites (N-methyl/N-ethyl adjacent to an activating group) is 1. The van der Waals surface area contributed by atoms with Crippen molar-refractivity contribution < 1.29 is 22.7 Å². The lowest BCUT2D eigenvalue weighted by Crippen LogP contribution is -2.29. The Morgan fingerprint density at radius 2 is 1.90 bits per heavy atom. The van der Waals surface area contributed by atoms with Gasteiger partial charge in [0, 0.05) is 6.54 Å². The minimum Gasteiger partial charge on any atom is -0.462 e. The lowest BCUT2D eigenvalue weighted by atomic mass is 10.1. The first-order valence-corrected chi connectivity index (χ1v) is 6.23. The number of benzene rings is 1. The van der Waals surface area contributed by atoms with E-state index >= 15 is 0 Å². The molecule has 6 heteroatoms. The van der Waals surface area contributed by atoms with Crippen molar-refractivity contribution in [3.63, 3.8) is 0 Å². The number of halogens is 3. The van der Waals surface area contributed by atoms with Gasteiger partial charge >= 0.3 is 12.1 Å². The van der Waals surface area contributed by atoms with Crippen LogP contribution in [0.25, 0.3) is 0 Å². The lowest BCUT2D eigenvalue weighted by molar-refractivity contribution is -0.148. The third-order valence-electron chi connectivity index (χ3n) is 2.53. The molecule has 0 atom stereocenters. The molecule has 0 aliphatic rings. The molecule has 0 radical (unpaired) electrons. The molecule has 0 aliphatic carbocycles. The van der Waals surface area contributed by atoms with E-state index in [1.54, 1.807) is 27.0 Å². The summed E-state index contributed by atoms with van der Waals surface area (Å²) in [6, 6.07) is 5.34. The van der Waals surface area contributed by atoms with E-state index in [1.807, 2.05) is 0 Å². The normalized spacial score (nSPS) is 12.0. The molecule has 0 saturated carbocycles. The minimum atomic E-state index is -4.39. The van der Waals surface area contributed by atoms with Crippen LogP contribution in [0.3, 0.4) is 0 Å². The Hall–Kier alpha value is -1.56. The van der Waals surface area contributed by atoms with E-state index < -0.39 is 17.7 Å². The highest BCUT2D eigenvalue weighted by atomic mass is 19.4. The molecule has 0 aliphatic heterocycles. The molecule has 112 valence electrons. The summed E-state index contributed by atoms with van der Waals surface area (Å²) in [7, 11) is 1.58. The predicted molar refractivity (Wildman–Crippen MR) is 69.0 cm³/mol. The summed E-state index contributed by atoms with van der Waals surface area (Å²) < 4.78 is 43.4. The summed E-state index contributed by atoms with van der Waals surface area (Å²) in [5.74, 6) is -0.452. The van der Waals surface area contributed by atoms with Crippen LogP contribution in [0.1, 0.15) is 25.0 Å². The number of alkyl halides is 3. The average Bonchev–Trinajstić information content (AvgIpc) is 2.26. The molecule has 0 unspecified atom stereocenters. The predicted octanol–water partition coefficient (Wildman–Crippen LogP) is 3.09. The van der Waals surface area contributed by atoms with Crippen molar-refractivity contribution in [1.29, 1.82) is 0 Å². The molecular formula is C14H18F3NO2. The maximum Gasteiger partial charge on any atom is 0.416 e. The topological polar surface area (TPSA) is 29.5 Å². The van der Waals surface area contributed by atoms with Crippen molar-refractivity contribution in [2.45, 2.75) is 32.7 Å². The van der Waals surface area contributed by atoms with Gasteiger partial charge in [0.15, 0.2) is 0 Å². The van der Waals surface area contributed by atoms with Gasteiger partial charge in [-0.05, 0) is 32.5 Å². The molecule has 0 saturated heterocycles. The van der Waals surface area contributed by atoms with Crippen LogP contribution < -0.4 is 0 Å². The minimum absolute atomic E-state index is 0.0306. The zero-order valence-electron chi connectivity index (χ0n) is 11.7. The fourth-order valence-corrected chi connectivity index (χ4v) is 1.80. The highest BCUT2D eigenvalue weighted by Crippen LogP contribution is 2.32. The molecule has 20 heavy (non-hydrogen) atoms. The Labute approximate surface area is 116 Å². The van der Waals surface area contributed by atoms with Crippen LogP contribution in [0.2, 0.25) is 0 Å². The summed E-state index contributed by atoms with van der Waals surface area (Å²) in [5.41, 5.74) is -0.538. The third kappa shape index (κ3) is 5.21. The molecular weight excluding hydrogens is 271 g/mol. The number of rotatable bonds is 5. The highest BCUT2D eigenvalue weighted by Gasteiger charge is 2.33. The summed E-state index contributed by atoms with van der Waals surface area (Å²) in [4.78, 5) is 12.9. The van der Waals surface area contributed by atoms with Crippen molar-refractivity contribution in [2.24, 2.45) is 0 Å². The first-order valence-electron chi connectivity index (χ1n) is 6.23. The van der Waals surface area contributed by atoms with E-state index in [1.165, 1.54) is 17.0 Å². The van der Waals surface area contributed by atoms with E-state index in [0.717, 1.165) is 6.07 Å². The van der Waals surface area contributed by atoms with Crippen molar-refractivity contribution in [3.05, 3.63) is 35.4 Å². The van der Waals surface area contributed by atoms with E-state index in [2.05, 4.69) is 0 Å². The van der Waals surface area contributed by atoms with E-state index in [4.69, 9.17) is 4.74 Å². The van der Waals surface area contributed by atoms with Crippen LogP contribution in [0, 0.1) is 0 Å². The van der Waals surface area contributed by atoms with E-state index in [-0.39, 0.29) is 24.8 Å². The molecule has 0 heterocycles. The third-order valence-corrected chi connectivity index (χ3v) is 2.53. The second kappa shape index (κ2) is 6.74. The van der Waals surface area contributed by atoms with Crippen LogP contribution >= 0.6 is 0 Å². The monoisotopic (exact) mass is 289 g/mol. The average molecular weight is 289 g/mol. The molecule has 1 aromatic carbocycles. The Morgan fingerprint density at radius 3 is 2.45 bits per heavy atom. The summed E-state index contributed by atoms with van der Waals surface area (Å²) in [6.07, 6.45) is -4.63. The molecule has 1 aromatic rings. The van der Waals surface area contributed by atoms with Gasteiger partial charge < -0.3 is 4.74 Å². The maximum absolute atomic E-state index is 12.8. The molecule has 0 fully saturated rings. The van der Waals surface area contributed by atoms with Gasteiger partial charge in [-0.2, -0.15) is 13.2 Å². The highest BCUT2D eigenvalue weighted by molar-refractivity contribution is 5.71. The second-order valence-electron chi connectivity index (χ2n) is 4.87. The van der Waals surface area contributed by atoms with Crippen LogP contribution in [0.15, 0.2) is 24.3 Å². The maximum atomic E-state index is 12.8. The molecule has 0 N–H and O–H groups in total. The zero-order valence-corrected chi connectivity index (χ0v) is 11.7. The lowest BCUT2D eigenvalue weighted by Gasteiger charge is -2.19. The standard InChI is InChI=1S/C14H18F3NO2/c1-10(2)20-13(19)9-18(3)8-11-6-4-5-7-12(11)14(15,16)17/h4-7,10H,8-9H2,1-3H3. The van der Waals surface area contributed by atoms with Crippen LogP contribution in [-0.2, 0) is 22.3 Å². The summed E-state index contributed by atoms with van der Waals surface area (Å²) in [6.45, 7) is 3.42. The zero-order chi connectivity index (χ0) is 15.3. The summed E-state index contributed by atoms with van der Waals surface area (Å²) in [5, 5.41) is 0. The molecule has 0 bridgehead atoms. The van der Waals surface area contributed by atoms with Gasteiger partial charge in [-0.3, -0.25) is 9.69 Å². The molecule has 0 amide bonds. The van der Waals surface area contributed by atoms with Crippen LogP contribution in [0.4, 0.5) is 13.2 Å². The number of hydrogen-bond acceptors (Lipinski definition) is 3. The Morgan fingerprint density at radius 1 is 1.30 bits per heavy atom. The number of ether oxygens (including phenoxy) is 1. The van der Waals surface area contributed by atoms with Crippen molar-refractivity contribution >= 4 is 5.97 Å². The van der Waals surface area contributed by atoms with Gasteiger partial charge in [-0.25, -0.2) is 0 Å². The van der Waals surface area contributed by atoms with Gasteiger partial charge in [0.25, 0.3) is 0 Å². The largest absolute Gasteiger partial charge is 0.462 e. The van der Waals surface area contributed by atoms with Crippen LogP contribution in [-0.4, -0.2) is 30.6 Å². The fourth-order valence-electron chi connectivity index (χ4n) is 1.80. The molecule has 0 aromatic heterocycles. The smallest absolute Gasteiger partial charge is 0.416 e. The van der Waals surface area contributed by atoms with Gasteiger partial charge in [0.1, 0.15) is 0 Å². The van der Waals surface area contributed by atoms with Crippen molar-refractivity contribution in [3.8, 4) is 0 Å². The number of carbonyl (C=O) groups is 1. The fraction of sp³-hybridized carbons (Fsp3) is 0.500. The SMILES string of the molecule is CC(C)OC(=O)CN(C)Cc1ccccc1C(F)(F)F. The van der Waals surface area contributed by atoms with E-state index in [0.29, 0.717) is 0 Å². The van der Waals surface area contributed by atoms with Crippen LogP contribution in [0.5, 0.6) is 0 Å². The second-order valence-corrected chi connectivity index (χ2v) is 4.87. The number of nitrogens with zero attached hydrogens (tertiary/aromatic N) is 1. The van der Waals surface area contributed by atoms with Crippen molar-refractivity contribution in [1.82, 2.24) is 4.90 Å². The van der Waals surface area contributed by atoms with Gasteiger partial charge in [-0.1, -0.05) is 18.2 Å². The first kappa shape index (κ1) is 16.5. The summed E-state index contributed by atoms with van der Waals surface area (Å²) >= 11 is 0. The number of carbonyl (C=O) groups excluding carboxylic acids is 1. The number of esters is 1. The number of hydrogen-bond donors (Lipinski definition) is 0. The van der Waals surface area contributed by atoms with Gasteiger partial charge in [-0.15, -0.1) is 0 Å². The Bertz CT molecular complexity index is 458. The quantitative estimate of drug-likeness (QED) is 0.780. The van der Waals surface area contributed by atoms with Crippen molar-refractivity contribution in [2.75, 3.05) is 13.6 Å².